The van der Waals surface area contributed by atoms with Gasteiger partial charge in [0.25, 0.3) is 0 Å². The number of nitrogens with zero attached hydrogens (tertiary/aromatic N) is 1. The van der Waals surface area contributed by atoms with E-state index in [1.807, 2.05) is 6.07 Å². The quantitative estimate of drug-likeness (QED) is 0.814. The molecule has 1 aliphatic carbocycles. The van der Waals surface area contributed by atoms with Crippen molar-refractivity contribution in [2.45, 2.75) is 51.1 Å². The molecule has 98 valence electrons. The van der Waals surface area contributed by atoms with Gasteiger partial charge in [0.1, 0.15) is 0 Å². The molecule has 1 fully saturated rings. The maximum Gasteiger partial charge on any atom is 0.0768 e. The molecule has 0 radical (unpaired) electrons. The second-order valence-corrected chi connectivity index (χ2v) is 6.29. The predicted molar refractivity (Wildman–Crippen MR) is 78.8 cm³/mol. The molecule has 1 saturated carbocycles. The van der Waals surface area contributed by atoms with E-state index >= 15 is 0 Å². The van der Waals surface area contributed by atoms with Gasteiger partial charge in [-0.1, -0.05) is 30.5 Å². The van der Waals surface area contributed by atoms with Crippen LogP contribution in [0, 0.1) is 0 Å². The summed E-state index contributed by atoms with van der Waals surface area (Å²) in [5.41, 5.74) is 2.71. The summed E-state index contributed by atoms with van der Waals surface area (Å²) in [7, 11) is 0. The largest absolute Gasteiger partial charge is 0.380 e. The molecule has 1 heterocycles. The van der Waals surface area contributed by atoms with E-state index in [9.17, 15) is 0 Å². The topological polar surface area (TPSA) is 15.3 Å². The summed E-state index contributed by atoms with van der Waals surface area (Å²) in [6.07, 6.45) is 5.29. The SMILES string of the molecule is CC(C)N1c2cccc(Cl)c2NCC12CCCC2. The van der Waals surface area contributed by atoms with Crippen LogP contribution in [0.15, 0.2) is 18.2 Å². The van der Waals surface area contributed by atoms with Crippen LogP contribution in [0.1, 0.15) is 39.5 Å². The Kier molecular flexibility index (Phi) is 2.93. The number of para-hydroxylation sites is 1. The second-order valence-electron chi connectivity index (χ2n) is 5.88. The molecule has 3 rings (SSSR count). The summed E-state index contributed by atoms with van der Waals surface area (Å²) >= 11 is 6.32. The van der Waals surface area contributed by atoms with Gasteiger partial charge in [-0.25, -0.2) is 0 Å². The zero-order chi connectivity index (χ0) is 12.8. The Labute approximate surface area is 114 Å². The molecule has 0 bridgehead atoms. The minimum absolute atomic E-state index is 0.311. The maximum atomic E-state index is 6.32. The van der Waals surface area contributed by atoms with Gasteiger partial charge in [-0.15, -0.1) is 0 Å². The summed E-state index contributed by atoms with van der Waals surface area (Å²) in [6.45, 7) is 5.61. The number of rotatable bonds is 1. The van der Waals surface area contributed by atoms with Gasteiger partial charge in [0.2, 0.25) is 0 Å². The molecule has 0 aromatic heterocycles. The second kappa shape index (κ2) is 4.34. The Morgan fingerprint density at radius 1 is 1.28 bits per heavy atom. The van der Waals surface area contributed by atoms with Crippen LogP contribution in [-0.2, 0) is 0 Å². The van der Waals surface area contributed by atoms with Crippen molar-refractivity contribution < 1.29 is 0 Å². The fraction of sp³-hybridized carbons (Fsp3) is 0.600. The number of nitrogens with one attached hydrogen (secondary N) is 1. The van der Waals surface area contributed by atoms with Gasteiger partial charge in [-0.3, -0.25) is 0 Å². The number of hydrogen-bond acceptors (Lipinski definition) is 2. The Bertz CT molecular complexity index is 450. The highest BCUT2D eigenvalue weighted by Crippen LogP contribution is 2.47. The van der Waals surface area contributed by atoms with Crippen LogP contribution in [-0.4, -0.2) is 18.1 Å². The number of halogens is 1. The van der Waals surface area contributed by atoms with Crippen molar-refractivity contribution in [3.8, 4) is 0 Å². The van der Waals surface area contributed by atoms with Crippen LogP contribution < -0.4 is 10.2 Å². The Balaban J connectivity index is 2.10. The lowest BCUT2D eigenvalue weighted by Crippen LogP contribution is -2.57. The minimum Gasteiger partial charge on any atom is -0.380 e. The van der Waals surface area contributed by atoms with E-state index in [0.717, 1.165) is 17.3 Å². The summed E-state index contributed by atoms with van der Waals surface area (Å²) in [6, 6.07) is 6.75. The molecule has 2 nitrogen and oxygen atoms in total. The summed E-state index contributed by atoms with van der Waals surface area (Å²) in [5.74, 6) is 0. The van der Waals surface area contributed by atoms with E-state index in [1.165, 1.54) is 31.4 Å². The average molecular weight is 265 g/mol. The molecule has 0 amide bonds. The number of benzene rings is 1. The molecule has 2 aliphatic rings. The number of anilines is 2. The summed E-state index contributed by atoms with van der Waals surface area (Å²) < 4.78 is 0. The van der Waals surface area contributed by atoms with E-state index in [4.69, 9.17) is 11.6 Å². The van der Waals surface area contributed by atoms with Crippen molar-refractivity contribution in [2.24, 2.45) is 0 Å². The van der Waals surface area contributed by atoms with Gasteiger partial charge < -0.3 is 10.2 Å². The lowest BCUT2D eigenvalue weighted by molar-refractivity contribution is 0.381. The molecule has 0 saturated heterocycles. The third-order valence-corrected chi connectivity index (χ3v) is 4.72. The van der Waals surface area contributed by atoms with Crippen LogP contribution in [0.3, 0.4) is 0 Å². The van der Waals surface area contributed by atoms with E-state index < -0.39 is 0 Å². The van der Waals surface area contributed by atoms with Gasteiger partial charge in [0, 0.05) is 12.6 Å². The molecule has 1 spiro atoms. The first-order valence-electron chi connectivity index (χ1n) is 6.96. The van der Waals surface area contributed by atoms with Crippen LogP contribution in [0.4, 0.5) is 11.4 Å². The van der Waals surface area contributed by atoms with Gasteiger partial charge in [0.15, 0.2) is 0 Å². The first-order valence-corrected chi connectivity index (χ1v) is 7.34. The zero-order valence-electron chi connectivity index (χ0n) is 11.2. The van der Waals surface area contributed by atoms with Crippen molar-refractivity contribution in [3.63, 3.8) is 0 Å². The summed E-state index contributed by atoms with van der Waals surface area (Å²) in [4.78, 5) is 2.61. The van der Waals surface area contributed by atoms with E-state index in [-0.39, 0.29) is 0 Å². The molecule has 1 N–H and O–H groups in total. The lowest BCUT2D eigenvalue weighted by Gasteiger charge is -2.50. The zero-order valence-corrected chi connectivity index (χ0v) is 11.9. The fourth-order valence-corrected chi connectivity index (χ4v) is 4.00. The Morgan fingerprint density at radius 3 is 2.67 bits per heavy atom. The van der Waals surface area contributed by atoms with Crippen molar-refractivity contribution in [3.05, 3.63) is 23.2 Å². The molecular weight excluding hydrogens is 244 g/mol. The highest BCUT2D eigenvalue weighted by atomic mass is 35.5. The van der Waals surface area contributed by atoms with E-state index in [1.54, 1.807) is 0 Å². The minimum atomic E-state index is 0.311. The van der Waals surface area contributed by atoms with Crippen molar-refractivity contribution >= 4 is 23.0 Å². The third kappa shape index (κ3) is 1.70. The smallest absolute Gasteiger partial charge is 0.0768 e. The molecule has 0 atom stereocenters. The molecule has 0 unspecified atom stereocenters. The standard InChI is InChI=1S/C15H21ClN2/c1-11(2)18-13-7-5-6-12(16)14(13)17-10-15(18)8-3-4-9-15/h5-7,11,17H,3-4,8-10H2,1-2H3. The van der Waals surface area contributed by atoms with Gasteiger partial charge in [-0.2, -0.15) is 0 Å². The number of hydrogen-bond donors (Lipinski definition) is 1. The van der Waals surface area contributed by atoms with Crippen molar-refractivity contribution in [2.75, 3.05) is 16.8 Å². The van der Waals surface area contributed by atoms with Crippen molar-refractivity contribution in [1.82, 2.24) is 0 Å². The lowest BCUT2D eigenvalue weighted by atomic mass is 9.89. The van der Waals surface area contributed by atoms with Gasteiger partial charge in [0.05, 0.1) is 21.9 Å². The predicted octanol–water partition coefficient (Wildman–Crippen LogP) is 4.29. The van der Waals surface area contributed by atoms with Crippen LogP contribution in [0.2, 0.25) is 5.02 Å². The Morgan fingerprint density at radius 2 is 2.00 bits per heavy atom. The molecule has 18 heavy (non-hydrogen) atoms. The van der Waals surface area contributed by atoms with Gasteiger partial charge in [-0.05, 0) is 38.8 Å². The normalized spacial score (nSPS) is 21.2. The molecular formula is C15H21ClN2. The monoisotopic (exact) mass is 264 g/mol. The first-order chi connectivity index (χ1) is 8.64. The van der Waals surface area contributed by atoms with Crippen LogP contribution >= 0.6 is 11.6 Å². The van der Waals surface area contributed by atoms with Gasteiger partial charge >= 0.3 is 0 Å². The Hall–Kier alpha value is -0.890. The molecule has 1 aliphatic heterocycles. The highest BCUT2D eigenvalue weighted by Gasteiger charge is 2.44. The maximum absolute atomic E-state index is 6.32. The van der Waals surface area contributed by atoms with Crippen LogP contribution in [0.5, 0.6) is 0 Å². The van der Waals surface area contributed by atoms with E-state index in [0.29, 0.717) is 11.6 Å². The molecule has 1 aromatic rings. The third-order valence-electron chi connectivity index (χ3n) is 4.41. The summed E-state index contributed by atoms with van der Waals surface area (Å²) in [5, 5.41) is 4.41. The van der Waals surface area contributed by atoms with Crippen molar-refractivity contribution in [1.29, 1.82) is 0 Å². The number of fused-ring (bicyclic) bond motifs is 1. The fourth-order valence-electron chi connectivity index (χ4n) is 3.76. The average Bonchev–Trinajstić information content (AvgIpc) is 2.77. The molecule has 3 heteroatoms. The van der Waals surface area contributed by atoms with E-state index in [2.05, 4.69) is 36.2 Å². The first kappa shape index (κ1) is 12.2. The van der Waals surface area contributed by atoms with Crippen LogP contribution in [0.25, 0.3) is 0 Å². The highest BCUT2D eigenvalue weighted by molar-refractivity contribution is 6.34. The molecule has 1 aromatic carbocycles.